The van der Waals surface area contributed by atoms with Crippen LogP contribution in [0.4, 0.5) is 0 Å². The van der Waals surface area contributed by atoms with Crippen molar-refractivity contribution in [1.82, 2.24) is 5.32 Å². The molecule has 3 heteroatoms. The molecular formula is C6H17Cl2N. The van der Waals surface area contributed by atoms with E-state index in [4.69, 9.17) is 0 Å². The van der Waals surface area contributed by atoms with Gasteiger partial charge in [0, 0.05) is 12.1 Å². The molecule has 0 rings (SSSR count). The molecule has 0 aliphatic carbocycles. The zero-order valence-electron chi connectivity index (χ0n) is 6.47. The fourth-order valence-corrected chi connectivity index (χ4v) is 0.667. The van der Waals surface area contributed by atoms with Crippen LogP contribution in [-0.4, -0.2) is 12.1 Å². The molecule has 9 heavy (non-hydrogen) atoms. The van der Waals surface area contributed by atoms with E-state index >= 15 is 0 Å². The molecule has 0 aromatic carbocycles. The summed E-state index contributed by atoms with van der Waals surface area (Å²) in [5.74, 6) is 0. The van der Waals surface area contributed by atoms with E-state index in [2.05, 4.69) is 33.0 Å². The lowest BCUT2D eigenvalue weighted by Crippen LogP contribution is -2.29. The number of halogens is 2. The average Bonchev–Trinajstić information content (AvgIpc) is 1.27. The molecule has 0 aromatic heterocycles. The second kappa shape index (κ2) is 8.54. The molecule has 0 unspecified atom stereocenters. The maximum absolute atomic E-state index is 3.31. The average molecular weight is 174 g/mol. The molecule has 60 valence electrons. The maximum Gasteiger partial charge on any atom is 0.00127 e. The van der Waals surface area contributed by atoms with Crippen molar-refractivity contribution in [2.24, 2.45) is 0 Å². The van der Waals surface area contributed by atoms with Gasteiger partial charge in [0.25, 0.3) is 0 Å². The highest BCUT2D eigenvalue weighted by molar-refractivity contribution is 5.85. The highest BCUT2D eigenvalue weighted by Crippen LogP contribution is 1.80. The summed E-state index contributed by atoms with van der Waals surface area (Å²) in [7, 11) is 0. The van der Waals surface area contributed by atoms with Crippen molar-refractivity contribution in [2.45, 2.75) is 39.8 Å². The van der Waals surface area contributed by atoms with Crippen molar-refractivity contribution >= 4 is 24.8 Å². The molecule has 0 fully saturated rings. The third-order valence-corrected chi connectivity index (χ3v) is 0.667. The summed E-state index contributed by atoms with van der Waals surface area (Å²) in [5.41, 5.74) is 0. The van der Waals surface area contributed by atoms with Gasteiger partial charge in [0.05, 0.1) is 0 Å². The molecule has 1 nitrogen and oxygen atoms in total. The maximum atomic E-state index is 3.31. The molecular weight excluding hydrogens is 157 g/mol. The van der Waals surface area contributed by atoms with E-state index < -0.39 is 0 Å². The number of rotatable bonds is 2. The van der Waals surface area contributed by atoms with Crippen molar-refractivity contribution in [3.8, 4) is 0 Å². The van der Waals surface area contributed by atoms with Gasteiger partial charge in [-0.15, -0.1) is 24.8 Å². The smallest absolute Gasteiger partial charge is 0.00127 e. The first kappa shape index (κ1) is 16.3. The minimum atomic E-state index is 0. The first-order valence-electron chi connectivity index (χ1n) is 2.89. The molecule has 0 atom stereocenters. The number of nitrogens with one attached hydrogen (secondary N) is 1. The molecule has 0 heterocycles. The first-order chi connectivity index (χ1) is 3.13. The Balaban J connectivity index is -0.000000180. The predicted molar refractivity (Wildman–Crippen MR) is 47.9 cm³/mol. The molecule has 0 saturated carbocycles. The fourth-order valence-electron chi connectivity index (χ4n) is 0.667. The first-order valence-corrected chi connectivity index (χ1v) is 2.89. The third kappa shape index (κ3) is 17.7. The van der Waals surface area contributed by atoms with Gasteiger partial charge in [-0.1, -0.05) is 27.7 Å². The molecule has 0 spiro atoms. The molecule has 0 bridgehead atoms. The van der Waals surface area contributed by atoms with E-state index in [1.165, 1.54) is 0 Å². The number of hydrogen-bond donors (Lipinski definition) is 1. The standard InChI is InChI=1S/C6H15N.2ClH/c1-5(2)7-6(3)4;;/h5-7H,1-4H3;2*1H. The van der Waals surface area contributed by atoms with Crippen LogP contribution >= 0.6 is 24.8 Å². The van der Waals surface area contributed by atoms with Crippen molar-refractivity contribution in [3.63, 3.8) is 0 Å². The second-order valence-corrected chi connectivity index (χ2v) is 2.48. The highest BCUT2D eigenvalue weighted by Gasteiger charge is 1.92. The number of hydrogen-bond acceptors (Lipinski definition) is 1. The molecule has 0 aromatic rings. The van der Waals surface area contributed by atoms with Crippen LogP contribution in [-0.2, 0) is 0 Å². The molecule has 0 radical (unpaired) electrons. The lowest BCUT2D eigenvalue weighted by molar-refractivity contribution is 0.518. The van der Waals surface area contributed by atoms with Crippen molar-refractivity contribution < 1.29 is 0 Å². The molecule has 1 N–H and O–H groups in total. The van der Waals surface area contributed by atoms with Gasteiger partial charge in [-0.3, -0.25) is 0 Å². The van der Waals surface area contributed by atoms with Crippen LogP contribution in [0.3, 0.4) is 0 Å². The minimum absolute atomic E-state index is 0. The SMILES string of the molecule is CC(C)NC(C)C.Cl.Cl. The van der Waals surface area contributed by atoms with E-state index in [1.54, 1.807) is 0 Å². The third-order valence-electron chi connectivity index (χ3n) is 0.667. The summed E-state index contributed by atoms with van der Waals surface area (Å²) >= 11 is 0. The van der Waals surface area contributed by atoms with Crippen LogP contribution < -0.4 is 5.32 Å². The Labute approximate surface area is 70.4 Å². The summed E-state index contributed by atoms with van der Waals surface area (Å²) in [6.07, 6.45) is 0. The predicted octanol–water partition coefficient (Wildman–Crippen LogP) is 2.24. The van der Waals surface area contributed by atoms with E-state index in [0.29, 0.717) is 12.1 Å². The van der Waals surface area contributed by atoms with Crippen LogP contribution in [0.15, 0.2) is 0 Å². The van der Waals surface area contributed by atoms with Crippen LogP contribution in [0.2, 0.25) is 0 Å². The Kier molecular flexibility index (Phi) is 15.4. The minimum Gasteiger partial charge on any atom is -0.312 e. The zero-order chi connectivity index (χ0) is 5.86. The van der Waals surface area contributed by atoms with Gasteiger partial charge in [-0.25, -0.2) is 0 Å². The van der Waals surface area contributed by atoms with Gasteiger partial charge in [-0.05, 0) is 0 Å². The van der Waals surface area contributed by atoms with Crippen LogP contribution in [0.1, 0.15) is 27.7 Å². The summed E-state index contributed by atoms with van der Waals surface area (Å²) in [4.78, 5) is 0. The van der Waals surface area contributed by atoms with Gasteiger partial charge in [-0.2, -0.15) is 0 Å². The Hall–Kier alpha value is 0.540. The van der Waals surface area contributed by atoms with Crippen molar-refractivity contribution in [2.75, 3.05) is 0 Å². The van der Waals surface area contributed by atoms with Gasteiger partial charge in [0.2, 0.25) is 0 Å². The van der Waals surface area contributed by atoms with E-state index in [1.807, 2.05) is 0 Å². The Bertz CT molecular complexity index is 40.3. The van der Waals surface area contributed by atoms with E-state index in [0.717, 1.165) is 0 Å². The monoisotopic (exact) mass is 173 g/mol. The molecule has 0 aliphatic rings. The Morgan fingerprint density at radius 1 is 0.778 bits per heavy atom. The van der Waals surface area contributed by atoms with Crippen LogP contribution in [0.25, 0.3) is 0 Å². The summed E-state index contributed by atoms with van der Waals surface area (Å²) in [6.45, 7) is 8.61. The second-order valence-electron chi connectivity index (χ2n) is 2.48. The molecule has 0 saturated heterocycles. The van der Waals surface area contributed by atoms with Gasteiger partial charge < -0.3 is 5.32 Å². The lowest BCUT2D eigenvalue weighted by Gasteiger charge is -2.10. The normalized spacial score (nSPS) is 8.67. The summed E-state index contributed by atoms with van der Waals surface area (Å²) in [6, 6.07) is 1.25. The van der Waals surface area contributed by atoms with Gasteiger partial charge in [0.1, 0.15) is 0 Å². The Morgan fingerprint density at radius 2 is 1.00 bits per heavy atom. The summed E-state index contributed by atoms with van der Waals surface area (Å²) in [5, 5.41) is 3.31. The van der Waals surface area contributed by atoms with Crippen molar-refractivity contribution in [1.29, 1.82) is 0 Å². The van der Waals surface area contributed by atoms with Crippen LogP contribution in [0, 0.1) is 0 Å². The molecule has 0 amide bonds. The highest BCUT2D eigenvalue weighted by atomic mass is 35.5. The largest absolute Gasteiger partial charge is 0.312 e. The van der Waals surface area contributed by atoms with Crippen LogP contribution in [0.5, 0.6) is 0 Å². The molecule has 0 aliphatic heterocycles. The van der Waals surface area contributed by atoms with E-state index in [-0.39, 0.29) is 24.8 Å². The van der Waals surface area contributed by atoms with Gasteiger partial charge >= 0.3 is 0 Å². The summed E-state index contributed by atoms with van der Waals surface area (Å²) < 4.78 is 0. The zero-order valence-corrected chi connectivity index (χ0v) is 8.10. The lowest BCUT2D eigenvalue weighted by atomic mass is 10.3. The van der Waals surface area contributed by atoms with E-state index in [9.17, 15) is 0 Å². The van der Waals surface area contributed by atoms with Gasteiger partial charge in [0.15, 0.2) is 0 Å². The Morgan fingerprint density at radius 3 is 1.00 bits per heavy atom. The topological polar surface area (TPSA) is 12.0 Å². The van der Waals surface area contributed by atoms with Crippen molar-refractivity contribution in [3.05, 3.63) is 0 Å². The quantitative estimate of drug-likeness (QED) is 0.676. The fraction of sp³-hybridized carbons (Fsp3) is 1.00.